The molecule has 0 spiro atoms. The Morgan fingerprint density at radius 2 is 2.00 bits per heavy atom. The van der Waals surface area contributed by atoms with Crippen molar-refractivity contribution >= 4 is 6.09 Å². The maximum absolute atomic E-state index is 11.5. The molecular formula is C13H25NO3. The zero-order valence-corrected chi connectivity index (χ0v) is 11.2. The molecule has 0 aromatic carbocycles. The molecule has 0 saturated heterocycles. The van der Waals surface area contributed by atoms with E-state index in [2.05, 4.69) is 5.32 Å². The quantitative estimate of drug-likeness (QED) is 0.796. The Hall–Kier alpha value is -0.770. The Morgan fingerprint density at radius 3 is 2.47 bits per heavy atom. The number of aliphatic hydroxyl groups is 1. The fourth-order valence-corrected chi connectivity index (χ4v) is 2.34. The first-order valence-corrected chi connectivity index (χ1v) is 6.50. The summed E-state index contributed by atoms with van der Waals surface area (Å²) < 4.78 is 5.16. The number of hydrogen-bond acceptors (Lipinski definition) is 3. The summed E-state index contributed by atoms with van der Waals surface area (Å²) >= 11 is 0. The minimum absolute atomic E-state index is 0.139. The number of amides is 1. The normalized spacial score (nSPS) is 19.1. The molecule has 0 aliphatic heterocycles. The summed E-state index contributed by atoms with van der Waals surface area (Å²) in [6.45, 7) is 6.17. The number of rotatable bonds is 4. The second kappa shape index (κ2) is 6.24. The third kappa shape index (κ3) is 5.39. The Labute approximate surface area is 104 Å². The van der Waals surface area contributed by atoms with Gasteiger partial charge in [0.15, 0.2) is 0 Å². The first-order valence-electron chi connectivity index (χ1n) is 6.50. The monoisotopic (exact) mass is 243 g/mol. The molecule has 1 amide bonds. The van der Waals surface area contributed by atoms with E-state index in [0.29, 0.717) is 12.5 Å². The molecule has 100 valence electrons. The molecule has 1 saturated carbocycles. The van der Waals surface area contributed by atoms with Crippen LogP contribution in [0.15, 0.2) is 0 Å². The van der Waals surface area contributed by atoms with E-state index < -0.39 is 11.7 Å². The van der Waals surface area contributed by atoms with Gasteiger partial charge in [0.05, 0.1) is 0 Å². The van der Waals surface area contributed by atoms with Gasteiger partial charge >= 0.3 is 6.09 Å². The SMILES string of the molecule is CC(C)(C)OC(=O)NCC(CO)C1CCCC1. The maximum Gasteiger partial charge on any atom is 0.407 e. The molecule has 1 atom stereocenters. The molecule has 0 radical (unpaired) electrons. The Morgan fingerprint density at radius 1 is 1.41 bits per heavy atom. The van der Waals surface area contributed by atoms with Crippen LogP contribution in [0.3, 0.4) is 0 Å². The topological polar surface area (TPSA) is 58.6 Å². The molecule has 1 aliphatic carbocycles. The molecule has 0 bridgehead atoms. The third-order valence-electron chi connectivity index (χ3n) is 3.21. The van der Waals surface area contributed by atoms with Crippen LogP contribution in [0.25, 0.3) is 0 Å². The molecule has 17 heavy (non-hydrogen) atoms. The van der Waals surface area contributed by atoms with Crippen LogP contribution in [0, 0.1) is 11.8 Å². The zero-order chi connectivity index (χ0) is 12.9. The van der Waals surface area contributed by atoms with Gasteiger partial charge in [-0.25, -0.2) is 4.79 Å². The zero-order valence-electron chi connectivity index (χ0n) is 11.2. The number of carbonyl (C=O) groups excluding carboxylic acids is 1. The average molecular weight is 243 g/mol. The smallest absolute Gasteiger partial charge is 0.407 e. The highest BCUT2D eigenvalue weighted by molar-refractivity contribution is 5.67. The van der Waals surface area contributed by atoms with Gasteiger partial charge in [-0.3, -0.25) is 0 Å². The van der Waals surface area contributed by atoms with Crippen LogP contribution in [-0.4, -0.2) is 30.0 Å². The van der Waals surface area contributed by atoms with Crippen LogP contribution in [0.2, 0.25) is 0 Å². The summed E-state index contributed by atoms with van der Waals surface area (Å²) in [5, 5.41) is 12.1. The Balaban J connectivity index is 2.29. The van der Waals surface area contributed by atoms with Gasteiger partial charge in [-0.05, 0) is 26.7 Å². The van der Waals surface area contributed by atoms with E-state index in [4.69, 9.17) is 4.74 Å². The lowest BCUT2D eigenvalue weighted by Crippen LogP contribution is -2.37. The Kier molecular flexibility index (Phi) is 5.25. The summed E-state index contributed by atoms with van der Waals surface area (Å²) in [6.07, 6.45) is 4.43. The third-order valence-corrected chi connectivity index (χ3v) is 3.21. The molecular weight excluding hydrogens is 218 g/mol. The van der Waals surface area contributed by atoms with Gasteiger partial charge in [0, 0.05) is 19.1 Å². The van der Waals surface area contributed by atoms with Crippen LogP contribution < -0.4 is 5.32 Å². The summed E-state index contributed by atoms with van der Waals surface area (Å²) in [4.78, 5) is 11.5. The van der Waals surface area contributed by atoms with Gasteiger partial charge in [0.25, 0.3) is 0 Å². The predicted molar refractivity (Wildman–Crippen MR) is 66.8 cm³/mol. The van der Waals surface area contributed by atoms with Crippen LogP contribution in [0.1, 0.15) is 46.5 Å². The van der Waals surface area contributed by atoms with Crippen LogP contribution in [0.4, 0.5) is 4.79 Å². The molecule has 1 aliphatic rings. The fraction of sp³-hybridized carbons (Fsp3) is 0.923. The fourth-order valence-electron chi connectivity index (χ4n) is 2.34. The van der Waals surface area contributed by atoms with Crippen molar-refractivity contribution in [2.24, 2.45) is 11.8 Å². The van der Waals surface area contributed by atoms with E-state index in [-0.39, 0.29) is 12.5 Å². The van der Waals surface area contributed by atoms with E-state index >= 15 is 0 Å². The highest BCUT2D eigenvalue weighted by atomic mass is 16.6. The first-order chi connectivity index (χ1) is 7.92. The molecule has 1 fully saturated rings. The summed E-state index contributed by atoms with van der Waals surface area (Å²) in [7, 11) is 0. The second-order valence-corrected chi connectivity index (χ2v) is 5.87. The van der Waals surface area contributed by atoms with Crippen molar-refractivity contribution in [3.05, 3.63) is 0 Å². The van der Waals surface area contributed by atoms with E-state index in [1.54, 1.807) is 0 Å². The van der Waals surface area contributed by atoms with Gasteiger partial charge in [0.1, 0.15) is 5.60 Å². The van der Waals surface area contributed by atoms with Crippen molar-refractivity contribution in [1.29, 1.82) is 0 Å². The summed E-state index contributed by atoms with van der Waals surface area (Å²) in [6, 6.07) is 0. The van der Waals surface area contributed by atoms with Crippen molar-refractivity contribution in [3.63, 3.8) is 0 Å². The molecule has 2 N–H and O–H groups in total. The number of hydrogen-bond donors (Lipinski definition) is 2. The van der Waals surface area contributed by atoms with E-state index in [9.17, 15) is 9.90 Å². The predicted octanol–water partition coefficient (Wildman–Crippen LogP) is 2.31. The van der Waals surface area contributed by atoms with Gasteiger partial charge in [-0.1, -0.05) is 25.7 Å². The molecule has 0 heterocycles. The number of ether oxygens (including phenoxy) is 1. The van der Waals surface area contributed by atoms with Gasteiger partial charge in [-0.15, -0.1) is 0 Å². The summed E-state index contributed by atoms with van der Waals surface area (Å²) in [5.74, 6) is 0.722. The average Bonchev–Trinajstić information content (AvgIpc) is 2.69. The van der Waals surface area contributed by atoms with Crippen LogP contribution in [-0.2, 0) is 4.74 Å². The minimum Gasteiger partial charge on any atom is -0.444 e. The largest absolute Gasteiger partial charge is 0.444 e. The maximum atomic E-state index is 11.5. The first kappa shape index (κ1) is 14.3. The molecule has 0 aromatic heterocycles. The minimum atomic E-state index is -0.466. The van der Waals surface area contributed by atoms with E-state index in [0.717, 1.165) is 0 Å². The standard InChI is InChI=1S/C13H25NO3/c1-13(2,3)17-12(16)14-8-11(9-15)10-6-4-5-7-10/h10-11,15H,4-9H2,1-3H3,(H,14,16). The lowest BCUT2D eigenvalue weighted by molar-refractivity contribution is 0.0501. The van der Waals surface area contributed by atoms with Crippen molar-refractivity contribution < 1.29 is 14.6 Å². The number of alkyl carbamates (subject to hydrolysis) is 1. The van der Waals surface area contributed by atoms with Gasteiger partial charge in [0.2, 0.25) is 0 Å². The lowest BCUT2D eigenvalue weighted by Gasteiger charge is -2.24. The van der Waals surface area contributed by atoms with Crippen molar-refractivity contribution in [2.45, 2.75) is 52.1 Å². The highest BCUT2D eigenvalue weighted by Gasteiger charge is 2.25. The lowest BCUT2D eigenvalue weighted by atomic mass is 9.91. The second-order valence-electron chi connectivity index (χ2n) is 5.87. The van der Waals surface area contributed by atoms with Crippen molar-refractivity contribution in [2.75, 3.05) is 13.2 Å². The summed E-state index contributed by atoms with van der Waals surface area (Å²) in [5.41, 5.74) is -0.466. The Bertz CT molecular complexity index is 242. The number of nitrogens with one attached hydrogen (secondary N) is 1. The van der Waals surface area contributed by atoms with Crippen molar-refractivity contribution in [3.8, 4) is 0 Å². The number of carbonyl (C=O) groups is 1. The molecule has 4 nitrogen and oxygen atoms in total. The molecule has 1 unspecified atom stereocenters. The van der Waals surface area contributed by atoms with Gasteiger partial charge in [-0.2, -0.15) is 0 Å². The number of aliphatic hydroxyl groups excluding tert-OH is 1. The molecule has 1 rings (SSSR count). The van der Waals surface area contributed by atoms with Gasteiger partial charge < -0.3 is 15.2 Å². The van der Waals surface area contributed by atoms with Crippen LogP contribution >= 0.6 is 0 Å². The van der Waals surface area contributed by atoms with E-state index in [1.807, 2.05) is 20.8 Å². The molecule has 4 heteroatoms. The van der Waals surface area contributed by atoms with Crippen LogP contribution in [0.5, 0.6) is 0 Å². The van der Waals surface area contributed by atoms with E-state index in [1.165, 1.54) is 25.7 Å². The van der Waals surface area contributed by atoms with Crippen molar-refractivity contribution in [1.82, 2.24) is 5.32 Å². The highest BCUT2D eigenvalue weighted by Crippen LogP contribution is 2.30. The molecule has 0 aromatic rings.